The van der Waals surface area contributed by atoms with E-state index in [-0.39, 0.29) is 11.9 Å². The first kappa shape index (κ1) is 10.9. The summed E-state index contributed by atoms with van der Waals surface area (Å²) in [6.45, 7) is 2.31. The van der Waals surface area contributed by atoms with Crippen molar-refractivity contribution in [1.29, 1.82) is 0 Å². The zero-order chi connectivity index (χ0) is 11.8. The molecule has 1 fully saturated rings. The summed E-state index contributed by atoms with van der Waals surface area (Å²) in [5.74, 6) is 0.801. The Balaban J connectivity index is 2.04. The van der Waals surface area contributed by atoms with Crippen LogP contribution in [0.1, 0.15) is 18.1 Å². The van der Waals surface area contributed by atoms with Crippen LogP contribution >= 0.6 is 0 Å². The van der Waals surface area contributed by atoms with Gasteiger partial charge >= 0.3 is 0 Å². The van der Waals surface area contributed by atoms with E-state index in [1.54, 1.807) is 6.07 Å². The third-order valence-corrected chi connectivity index (χ3v) is 3.65. The van der Waals surface area contributed by atoms with E-state index in [4.69, 9.17) is 9.47 Å². The van der Waals surface area contributed by atoms with E-state index in [0.717, 1.165) is 25.1 Å². The van der Waals surface area contributed by atoms with Gasteiger partial charge in [0.25, 0.3) is 0 Å². The molecule has 0 aromatic heterocycles. The van der Waals surface area contributed by atoms with Gasteiger partial charge in [-0.3, -0.25) is 4.90 Å². The second kappa shape index (κ2) is 4.20. The minimum absolute atomic E-state index is 0.0124. The Labute approximate surface area is 101 Å². The van der Waals surface area contributed by atoms with Crippen molar-refractivity contribution in [3.8, 4) is 11.5 Å². The van der Waals surface area contributed by atoms with Crippen LogP contribution in [-0.4, -0.2) is 42.9 Å². The molecule has 0 bridgehead atoms. The van der Waals surface area contributed by atoms with Crippen molar-refractivity contribution < 1.29 is 14.6 Å². The van der Waals surface area contributed by atoms with Gasteiger partial charge in [0, 0.05) is 18.2 Å². The van der Waals surface area contributed by atoms with Crippen LogP contribution in [0.25, 0.3) is 0 Å². The van der Waals surface area contributed by atoms with Crippen LogP contribution in [0.15, 0.2) is 18.2 Å². The second-order valence-corrected chi connectivity index (χ2v) is 4.67. The number of rotatable bonds is 0. The molecule has 0 unspecified atom stereocenters. The Bertz CT molecular complexity index is 421. The van der Waals surface area contributed by atoms with Gasteiger partial charge in [0.05, 0.1) is 13.2 Å². The van der Waals surface area contributed by atoms with E-state index in [1.807, 2.05) is 12.1 Å². The molecule has 1 saturated heterocycles. The van der Waals surface area contributed by atoms with Crippen LogP contribution < -0.4 is 4.74 Å². The first-order valence-electron chi connectivity index (χ1n) is 6.04. The molecule has 92 valence electrons. The van der Waals surface area contributed by atoms with E-state index < -0.39 is 0 Å². The summed E-state index contributed by atoms with van der Waals surface area (Å²) >= 11 is 0. The van der Waals surface area contributed by atoms with Crippen LogP contribution in [0.4, 0.5) is 0 Å². The molecule has 2 aliphatic heterocycles. The number of phenols is 1. The Morgan fingerprint density at radius 3 is 3.12 bits per heavy atom. The predicted molar refractivity (Wildman–Crippen MR) is 63.3 cm³/mol. The number of aromatic hydroxyl groups is 1. The fourth-order valence-corrected chi connectivity index (χ4v) is 2.71. The molecule has 2 aliphatic rings. The molecule has 2 heterocycles. The fraction of sp³-hybridized carbons (Fsp3) is 0.538. The lowest BCUT2D eigenvalue weighted by atomic mass is 9.97. The third-order valence-electron chi connectivity index (χ3n) is 3.65. The van der Waals surface area contributed by atoms with Gasteiger partial charge in [-0.2, -0.15) is 0 Å². The van der Waals surface area contributed by atoms with Crippen LogP contribution in [-0.2, 0) is 4.74 Å². The minimum Gasteiger partial charge on any atom is -0.504 e. The van der Waals surface area contributed by atoms with Gasteiger partial charge in [-0.15, -0.1) is 0 Å². The highest BCUT2D eigenvalue weighted by Gasteiger charge is 2.35. The summed E-state index contributed by atoms with van der Waals surface area (Å²) in [5.41, 5.74) is 0.971. The highest BCUT2D eigenvalue weighted by Crippen LogP contribution is 2.41. The number of para-hydroxylation sites is 1. The number of morpholine rings is 1. The third kappa shape index (κ3) is 1.77. The maximum absolute atomic E-state index is 9.84. The molecule has 0 aliphatic carbocycles. The molecule has 1 N–H and O–H groups in total. The summed E-state index contributed by atoms with van der Waals surface area (Å²) in [5, 5.41) is 9.84. The van der Waals surface area contributed by atoms with Crippen molar-refractivity contribution in [2.24, 2.45) is 0 Å². The van der Waals surface area contributed by atoms with E-state index in [9.17, 15) is 5.11 Å². The van der Waals surface area contributed by atoms with Crippen LogP contribution in [0.5, 0.6) is 11.5 Å². The van der Waals surface area contributed by atoms with Gasteiger partial charge in [0.15, 0.2) is 11.5 Å². The SMILES string of the molecule is CN1CCO[C@@H]2c3cccc(O)c3OCC[C@H]21. The zero-order valence-electron chi connectivity index (χ0n) is 9.93. The monoisotopic (exact) mass is 235 g/mol. The summed E-state index contributed by atoms with van der Waals surface area (Å²) in [6, 6.07) is 5.83. The van der Waals surface area contributed by atoms with Gasteiger partial charge in [0.2, 0.25) is 0 Å². The number of nitrogens with zero attached hydrogens (tertiary/aromatic N) is 1. The number of likely N-dealkylation sites (N-methyl/N-ethyl adjacent to an activating group) is 1. The number of hydrogen-bond acceptors (Lipinski definition) is 4. The predicted octanol–water partition coefficient (Wildman–Crippen LogP) is 1.55. The molecule has 0 spiro atoms. The summed E-state index contributed by atoms with van der Waals surface area (Å²) < 4.78 is 11.5. The van der Waals surface area contributed by atoms with Crippen molar-refractivity contribution in [2.45, 2.75) is 18.6 Å². The first-order chi connectivity index (χ1) is 8.27. The van der Waals surface area contributed by atoms with Crippen LogP contribution in [0, 0.1) is 0 Å². The minimum atomic E-state index is 0.0124. The first-order valence-corrected chi connectivity index (χ1v) is 6.04. The molecule has 0 saturated carbocycles. The van der Waals surface area contributed by atoms with Gasteiger partial charge < -0.3 is 14.6 Å². The van der Waals surface area contributed by atoms with E-state index in [1.165, 1.54) is 0 Å². The number of benzene rings is 1. The molecule has 0 amide bonds. The van der Waals surface area contributed by atoms with Crippen LogP contribution in [0.2, 0.25) is 0 Å². The van der Waals surface area contributed by atoms with E-state index in [0.29, 0.717) is 18.4 Å². The van der Waals surface area contributed by atoms with Crippen molar-refractivity contribution >= 4 is 0 Å². The normalized spacial score (nSPS) is 28.8. The van der Waals surface area contributed by atoms with Crippen molar-refractivity contribution in [2.75, 3.05) is 26.8 Å². The molecule has 0 radical (unpaired) electrons. The van der Waals surface area contributed by atoms with Crippen molar-refractivity contribution in [1.82, 2.24) is 4.90 Å². The molecular formula is C13H17NO3. The van der Waals surface area contributed by atoms with Crippen molar-refractivity contribution in [3.63, 3.8) is 0 Å². The van der Waals surface area contributed by atoms with Crippen molar-refractivity contribution in [3.05, 3.63) is 23.8 Å². The molecule has 17 heavy (non-hydrogen) atoms. The van der Waals surface area contributed by atoms with Gasteiger partial charge in [-0.25, -0.2) is 0 Å². The maximum Gasteiger partial charge on any atom is 0.166 e. The molecule has 4 heteroatoms. The average Bonchev–Trinajstić information content (AvgIpc) is 2.51. The lowest BCUT2D eigenvalue weighted by Crippen LogP contribution is -2.44. The lowest BCUT2D eigenvalue weighted by Gasteiger charge is -2.38. The molecule has 4 nitrogen and oxygen atoms in total. The van der Waals surface area contributed by atoms with Gasteiger partial charge in [-0.05, 0) is 19.5 Å². The van der Waals surface area contributed by atoms with E-state index in [2.05, 4.69) is 11.9 Å². The van der Waals surface area contributed by atoms with Crippen LogP contribution in [0.3, 0.4) is 0 Å². The highest BCUT2D eigenvalue weighted by atomic mass is 16.5. The molecule has 1 aromatic rings. The molecule has 1 aromatic carbocycles. The zero-order valence-corrected chi connectivity index (χ0v) is 9.93. The Morgan fingerprint density at radius 1 is 1.35 bits per heavy atom. The largest absolute Gasteiger partial charge is 0.504 e. The highest BCUT2D eigenvalue weighted by molar-refractivity contribution is 5.47. The number of hydrogen-bond donors (Lipinski definition) is 1. The number of fused-ring (bicyclic) bond motifs is 3. The van der Waals surface area contributed by atoms with Gasteiger partial charge in [-0.1, -0.05) is 12.1 Å². The fourth-order valence-electron chi connectivity index (χ4n) is 2.71. The lowest BCUT2D eigenvalue weighted by molar-refractivity contribution is -0.0644. The van der Waals surface area contributed by atoms with Gasteiger partial charge in [0.1, 0.15) is 6.10 Å². The van der Waals surface area contributed by atoms with E-state index >= 15 is 0 Å². The molecule has 3 rings (SSSR count). The number of phenolic OH excluding ortho intramolecular Hbond substituents is 1. The average molecular weight is 235 g/mol. The maximum atomic E-state index is 9.84. The number of ether oxygens (including phenoxy) is 2. The Kier molecular flexibility index (Phi) is 2.68. The Morgan fingerprint density at radius 2 is 2.24 bits per heavy atom. The molecular weight excluding hydrogens is 218 g/mol. The quantitative estimate of drug-likeness (QED) is 0.740. The topological polar surface area (TPSA) is 41.9 Å². The summed E-state index contributed by atoms with van der Waals surface area (Å²) in [7, 11) is 2.12. The summed E-state index contributed by atoms with van der Waals surface area (Å²) in [6.07, 6.45) is 0.938. The standard InChI is InChI=1S/C13H17NO3/c1-14-6-8-17-12-9-3-2-4-11(15)13(9)16-7-5-10(12)14/h2-4,10,12,15H,5-8H2,1H3/t10-,12-/m1/s1. The Hall–Kier alpha value is -1.26. The smallest absolute Gasteiger partial charge is 0.166 e. The molecule has 2 atom stereocenters. The summed E-state index contributed by atoms with van der Waals surface area (Å²) in [4.78, 5) is 2.32. The second-order valence-electron chi connectivity index (χ2n) is 4.67.